The molecule has 0 aliphatic carbocycles. The van der Waals surface area contributed by atoms with E-state index in [2.05, 4.69) is 74.3 Å². The van der Waals surface area contributed by atoms with Crippen molar-refractivity contribution in [2.24, 2.45) is 11.7 Å². The Balaban J connectivity index is 0.000000816. The van der Waals surface area contributed by atoms with Crippen LogP contribution in [0.1, 0.15) is 54.9 Å². The van der Waals surface area contributed by atoms with Crippen molar-refractivity contribution in [3.05, 3.63) is 64.5 Å². The molecule has 2 aliphatic rings. The summed E-state index contributed by atoms with van der Waals surface area (Å²) in [6.45, 7) is 13.5. The Morgan fingerprint density at radius 2 is 1.66 bits per heavy atom. The molecule has 2 aromatic carbocycles. The van der Waals surface area contributed by atoms with Gasteiger partial charge in [0, 0.05) is 22.7 Å². The third-order valence-corrected chi connectivity index (χ3v) is 9.39. The number of carbonyl (C=O) groups excluding carboxylic acids is 4. The van der Waals surface area contributed by atoms with Gasteiger partial charge < -0.3 is 20.9 Å². The van der Waals surface area contributed by atoms with Crippen molar-refractivity contribution in [1.82, 2.24) is 19.8 Å². The predicted molar refractivity (Wildman–Crippen MR) is 183 cm³/mol. The summed E-state index contributed by atoms with van der Waals surface area (Å²) < 4.78 is 4.24. The molecule has 3 atom stereocenters. The third-order valence-electron chi connectivity index (χ3n) is 7.31. The number of carbonyl (C=O) groups is 4. The van der Waals surface area contributed by atoms with Gasteiger partial charge in [-0.3, -0.25) is 23.9 Å². The normalized spacial score (nSPS) is 17.2. The molecule has 3 unspecified atom stereocenters. The average Bonchev–Trinajstić information content (AvgIpc) is 3.40. The van der Waals surface area contributed by atoms with Gasteiger partial charge in [0.25, 0.3) is 11.1 Å². The van der Waals surface area contributed by atoms with Gasteiger partial charge in [-0.25, -0.2) is 0 Å². The molecular weight excluding hydrogens is 615 g/mol. The number of likely N-dealkylation sites (tertiary alicyclic amines) is 2. The van der Waals surface area contributed by atoms with Crippen LogP contribution >= 0.6 is 35.9 Å². The standard InChI is InChI=1S/C29H34N4O3S2.C2H6.CH3NOS/c1-17(2)11-21(31-28(35)26-13-20-7-5-6-8-25(20)37-26)29(36)33-16-22-23(33)15-32(22)27(34)14-30-38-24-10-9-18(3)12-19(24)4;1-2;2-1(3)4/h5-10,12-13,17,21-23,30H,11,14-16H2,1-4H3,(H,31,35);1-2H3;(H3,2,3,4). The SMILES string of the molecule is CC.Cc1ccc(SNCC(=O)N2CC3C2CN3C(=O)C(CC(C)C)NC(=O)c2cc3ccccc3s2)c(C)c1.NC(=O)S. The van der Waals surface area contributed by atoms with Crippen molar-refractivity contribution in [2.45, 2.75) is 71.0 Å². The molecule has 2 saturated heterocycles. The number of rotatable bonds is 9. The van der Waals surface area contributed by atoms with E-state index in [0.29, 0.717) is 24.4 Å². The summed E-state index contributed by atoms with van der Waals surface area (Å²) in [5.74, 6) is 0.0430. The minimum atomic E-state index is -0.639. The minimum absolute atomic E-state index is 0.0364. The number of nitrogens with zero attached hydrogens (tertiary/aromatic N) is 2. The molecular formula is C32H43N5O4S3. The van der Waals surface area contributed by atoms with Gasteiger partial charge in [-0.05, 0) is 67.3 Å². The molecule has 12 heteroatoms. The highest BCUT2D eigenvalue weighted by Crippen LogP contribution is 2.35. The zero-order chi connectivity index (χ0) is 32.6. The molecule has 0 radical (unpaired) electrons. The Hall–Kier alpha value is -3.06. The van der Waals surface area contributed by atoms with Crippen LogP contribution in [0.15, 0.2) is 53.4 Å². The summed E-state index contributed by atoms with van der Waals surface area (Å²) in [5.41, 5.74) is 6.74. The van der Waals surface area contributed by atoms with Crippen LogP contribution in [0.4, 0.5) is 4.79 Å². The fourth-order valence-electron chi connectivity index (χ4n) is 5.20. The Morgan fingerprint density at radius 1 is 1.02 bits per heavy atom. The number of benzene rings is 2. The lowest BCUT2D eigenvalue weighted by Crippen LogP contribution is -2.82. The zero-order valence-electron chi connectivity index (χ0n) is 26.1. The lowest BCUT2D eigenvalue weighted by molar-refractivity contribution is -0.177. The largest absolute Gasteiger partial charge is 0.361 e. The highest BCUT2D eigenvalue weighted by molar-refractivity contribution is 7.97. The number of amides is 4. The van der Waals surface area contributed by atoms with Gasteiger partial charge in [0.2, 0.25) is 11.8 Å². The lowest BCUT2D eigenvalue weighted by Gasteiger charge is -2.62. The average molecular weight is 658 g/mol. The Labute approximate surface area is 273 Å². The maximum atomic E-state index is 13.4. The number of hydrogen-bond acceptors (Lipinski definition) is 7. The molecule has 238 valence electrons. The van der Waals surface area contributed by atoms with Crippen LogP contribution in [-0.4, -0.2) is 70.5 Å². The van der Waals surface area contributed by atoms with E-state index in [9.17, 15) is 14.4 Å². The Bertz CT molecular complexity index is 1440. The second-order valence-electron chi connectivity index (χ2n) is 11.0. The number of hydrogen-bond donors (Lipinski definition) is 4. The summed E-state index contributed by atoms with van der Waals surface area (Å²) in [4.78, 5) is 53.8. The van der Waals surface area contributed by atoms with Gasteiger partial charge in [0.05, 0.1) is 23.5 Å². The number of fused-ring (bicyclic) bond motifs is 2. The smallest absolute Gasteiger partial charge is 0.273 e. The van der Waals surface area contributed by atoms with Crippen molar-refractivity contribution < 1.29 is 19.2 Å². The number of nitrogens with two attached hydrogens (primary N) is 1. The van der Waals surface area contributed by atoms with Crippen LogP contribution in [0.25, 0.3) is 10.1 Å². The number of nitrogens with one attached hydrogen (secondary N) is 2. The first kappa shape index (κ1) is 35.4. The molecule has 2 aliphatic heterocycles. The first-order chi connectivity index (χ1) is 20.9. The van der Waals surface area contributed by atoms with Crippen molar-refractivity contribution >= 4 is 69.0 Å². The van der Waals surface area contributed by atoms with Crippen LogP contribution in [0.3, 0.4) is 0 Å². The summed E-state index contributed by atoms with van der Waals surface area (Å²) in [7, 11) is 0. The lowest BCUT2D eigenvalue weighted by atomic mass is 9.84. The van der Waals surface area contributed by atoms with Gasteiger partial charge >= 0.3 is 0 Å². The van der Waals surface area contributed by atoms with Gasteiger partial charge in [-0.1, -0.05) is 76.2 Å². The van der Waals surface area contributed by atoms with Crippen LogP contribution in [-0.2, 0) is 9.59 Å². The second-order valence-corrected chi connectivity index (χ2v) is 13.5. The van der Waals surface area contributed by atoms with E-state index >= 15 is 0 Å². The van der Waals surface area contributed by atoms with Crippen molar-refractivity contribution in [2.75, 3.05) is 19.6 Å². The highest BCUT2D eigenvalue weighted by Gasteiger charge is 2.55. The van der Waals surface area contributed by atoms with E-state index in [1.165, 1.54) is 34.4 Å². The van der Waals surface area contributed by atoms with E-state index < -0.39 is 11.3 Å². The van der Waals surface area contributed by atoms with E-state index in [0.717, 1.165) is 15.0 Å². The number of thiol groups is 1. The second kappa shape index (κ2) is 16.3. The number of thiophene rings is 1. The van der Waals surface area contributed by atoms with Gasteiger partial charge in [-0.2, -0.15) is 0 Å². The van der Waals surface area contributed by atoms with E-state index in [1.54, 1.807) is 0 Å². The van der Waals surface area contributed by atoms with E-state index in [4.69, 9.17) is 4.79 Å². The van der Waals surface area contributed by atoms with Crippen LogP contribution in [0, 0.1) is 19.8 Å². The molecule has 3 aromatic rings. The van der Waals surface area contributed by atoms with E-state index in [1.807, 2.05) is 54.0 Å². The first-order valence-corrected chi connectivity index (χ1v) is 16.9. The molecule has 0 saturated carbocycles. The van der Waals surface area contributed by atoms with Gasteiger partial charge in [0.15, 0.2) is 0 Å². The summed E-state index contributed by atoms with van der Waals surface area (Å²) in [6, 6.07) is 15.6. The Morgan fingerprint density at radius 3 is 2.25 bits per heavy atom. The van der Waals surface area contributed by atoms with E-state index in [-0.39, 0.29) is 42.3 Å². The topological polar surface area (TPSA) is 125 Å². The molecule has 4 N–H and O–H groups in total. The molecule has 0 spiro atoms. The van der Waals surface area contributed by atoms with Crippen molar-refractivity contribution in [3.8, 4) is 0 Å². The maximum absolute atomic E-state index is 13.4. The molecule has 44 heavy (non-hydrogen) atoms. The fraction of sp³-hybridized carbons (Fsp3) is 0.438. The predicted octanol–water partition coefficient (Wildman–Crippen LogP) is 5.40. The molecule has 9 nitrogen and oxygen atoms in total. The zero-order valence-corrected chi connectivity index (χ0v) is 28.7. The molecule has 1 aromatic heterocycles. The highest BCUT2D eigenvalue weighted by atomic mass is 32.2. The molecule has 5 rings (SSSR count). The summed E-state index contributed by atoms with van der Waals surface area (Å²) in [6.07, 6.45) is 0.575. The monoisotopic (exact) mass is 657 g/mol. The van der Waals surface area contributed by atoms with Gasteiger partial charge in [0.1, 0.15) is 6.04 Å². The fourth-order valence-corrected chi connectivity index (χ4v) is 6.87. The Kier molecular flexibility index (Phi) is 13.1. The maximum Gasteiger partial charge on any atom is 0.273 e. The third kappa shape index (κ3) is 8.99. The number of aryl methyl sites for hydroxylation is 2. The minimum Gasteiger partial charge on any atom is -0.361 e. The van der Waals surface area contributed by atoms with Crippen LogP contribution < -0.4 is 15.8 Å². The quantitative estimate of drug-likeness (QED) is 0.180. The first-order valence-electron chi connectivity index (χ1n) is 14.8. The van der Waals surface area contributed by atoms with Crippen molar-refractivity contribution in [1.29, 1.82) is 0 Å². The molecule has 4 amide bonds. The van der Waals surface area contributed by atoms with Crippen molar-refractivity contribution in [3.63, 3.8) is 0 Å². The summed E-state index contributed by atoms with van der Waals surface area (Å²) >= 11 is 6.02. The van der Waals surface area contributed by atoms with Crippen LogP contribution in [0.5, 0.6) is 0 Å². The number of piperazine rings is 1. The molecule has 2 fully saturated rings. The molecule has 0 bridgehead atoms. The summed E-state index contributed by atoms with van der Waals surface area (Å²) in [5, 5.41) is 3.40. The molecule has 3 heterocycles. The van der Waals surface area contributed by atoms with Crippen LogP contribution in [0.2, 0.25) is 0 Å². The van der Waals surface area contributed by atoms with Gasteiger partial charge in [-0.15, -0.1) is 11.3 Å². The number of primary amides is 1.